The molecule has 2 aromatic rings. The maximum atomic E-state index is 13.4. The Morgan fingerprint density at radius 2 is 2.19 bits per heavy atom. The molecule has 0 bridgehead atoms. The minimum absolute atomic E-state index is 0.329. The standard InChI is InChI=1S/C12H10F2N2/c1-9(7-16-5-4-15-8-16)11-3-2-10(13)6-12(11)14/h2-6,8H,1,7H2. The van der Waals surface area contributed by atoms with Crippen LogP contribution in [0.1, 0.15) is 5.56 Å². The normalized spacial score (nSPS) is 10.4. The van der Waals surface area contributed by atoms with Gasteiger partial charge in [0.25, 0.3) is 0 Å². The number of rotatable bonds is 3. The fourth-order valence-corrected chi connectivity index (χ4v) is 1.46. The molecule has 0 unspecified atom stereocenters. The van der Waals surface area contributed by atoms with E-state index in [1.165, 1.54) is 12.1 Å². The van der Waals surface area contributed by atoms with E-state index in [9.17, 15) is 8.78 Å². The summed E-state index contributed by atoms with van der Waals surface area (Å²) in [6, 6.07) is 3.47. The second kappa shape index (κ2) is 4.26. The van der Waals surface area contributed by atoms with Gasteiger partial charge in [-0.25, -0.2) is 13.8 Å². The van der Waals surface area contributed by atoms with Crippen molar-refractivity contribution >= 4 is 5.57 Å². The highest BCUT2D eigenvalue weighted by atomic mass is 19.1. The molecule has 0 aliphatic heterocycles. The Balaban J connectivity index is 2.21. The Morgan fingerprint density at radius 3 is 2.81 bits per heavy atom. The van der Waals surface area contributed by atoms with Gasteiger partial charge in [0.15, 0.2) is 0 Å². The summed E-state index contributed by atoms with van der Waals surface area (Å²) in [5, 5.41) is 0. The Hall–Kier alpha value is -1.97. The highest BCUT2D eigenvalue weighted by Gasteiger charge is 2.07. The van der Waals surface area contributed by atoms with Gasteiger partial charge >= 0.3 is 0 Å². The number of aromatic nitrogens is 2. The molecule has 1 aromatic carbocycles. The number of halogens is 2. The molecule has 0 radical (unpaired) electrons. The SMILES string of the molecule is C=C(Cn1ccnc1)c1ccc(F)cc1F. The fraction of sp³-hybridized carbons (Fsp3) is 0.0833. The smallest absolute Gasteiger partial charge is 0.133 e. The molecule has 0 atom stereocenters. The number of imidazole rings is 1. The van der Waals surface area contributed by atoms with Crippen molar-refractivity contribution in [3.63, 3.8) is 0 Å². The first-order valence-electron chi connectivity index (χ1n) is 4.76. The average Bonchev–Trinajstić information content (AvgIpc) is 2.70. The highest BCUT2D eigenvalue weighted by molar-refractivity contribution is 5.63. The van der Waals surface area contributed by atoms with Gasteiger partial charge in [0.2, 0.25) is 0 Å². The van der Waals surface area contributed by atoms with E-state index >= 15 is 0 Å². The summed E-state index contributed by atoms with van der Waals surface area (Å²) >= 11 is 0. The van der Waals surface area contributed by atoms with E-state index in [1.807, 2.05) is 0 Å². The Morgan fingerprint density at radius 1 is 1.38 bits per heavy atom. The highest BCUT2D eigenvalue weighted by Crippen LogP contribution is 2.19. The second-order valence-corrected chi connectivity index (χ2v) is 3.46. The van der Waals surface area contributed by atoms with Crippen molar-refractivity contribution in [2.24, 2.45) is 0 Å². The second-order valence-electron chi connectivity index (χ2n) is 3.46. The first kappa shape index (κ1) is 10.5. The van der Waals surface area contributed by atoms with Gasteiger partial charge in [-0.3, -0.25) is 0 Å². The molecule has 0 fully saturated rings. The molecule has 0 aliphatic rings. The van der Waals surface area contributed by atoms with E-state index in [-0.39, 0.29) is 0 Å². The molecule has 0 saturated carbocycles. The van der Waals surface area contributed by atoms with Crippen LogP contribution < -0.4 is 0 Å². The maximum absolute atomic E-state index is 13.4. The van der Waals surface area contributed by atoms with Crippen LogP contribution in [0.15, 0.2) is 43.5 Å². The van der Waals surface area contributed by atoms with Gasteiger partial charge in [0.1, 0.15) is 11.6 Å². The summed E-state index contributed by atoms with van der Waals surface area (Å²) in [5.74, 6) is -1.18. The van der Waals surface area contributed by atoms with Crippen LogP contribution in [0.3, 0.4) is 0 Å². The van der Waals surface area contributed by atoms with Gasteiger partial charge in [-0.05, 0) is 17.7 Å². The molecule has 2 nitrogen and oxygen atoms in total. The van der Waals surface area contributed by atoms with Crippen LogP contribution in [-0.2, 0) is 6.54 Å². The van der Waals surface area contributed by atoms with Gasteiger partial charge in [0, 0.05) is 30.6 Å². The van der Waals surface area contributed by atoms with Crippen LogP contribution in [0.4, 0.5) is 8.78 Å². The minimum atomic E-state index is -0.592. The monoisotopic (exact) mass is 220 g/mol. The van der Waals surface area contributed by atoms with Crippen LogP contribution in [0, 0.1) is 11.6 Å². The molecule has 0 N–H and O–H groups in total. The van der Waals surface area contributed by atoms with Crippen LogP contribution in [-0.4, -0.2) is 9.55 Å². The molecule has 16 heavy (non-hydrogen) atoms. The topological polar surface area (TPSA) is 17.8 Å². The van der Waals surface area contributed by atoms with Gasteiger partial charge in [-0.15, -0.1) is 0 Å². The molecule has 4 heteroatoms. The predicted octanol–water partition coefficient (Wildman–Crippen LogP) is 2.87. The van der Waals surface area contributed by atoms with E-state index in [0.29, 0.717) is 17.7 Å². The third kappa shape index (κ3) is 2.16. The number of nitrogens with zero attached hydrogens (tertiary/aromatic N) is 2. The van der Waals surface area contributed by atoms with E-state index in [2.05, 4.69) is 11.6 Å². The number of allylic oxidation sites excluding steroid dienone is 1. The molecular weight excluding hydrogens is 210 g/mol. The zero-order valence-electron chi connectivity index (χ0n) is 8.53. The molecule has 1 aromatic heterocycles. The van der Waals surface area contributed by atoms with E-state index in [0.717, 1.165) is 6.07 Å². The maximum Gasteiger partial charge on any atom is 0.133 e. The minimum Gasteiger partial charge on any atom is -0.333 e. The van der Waals surface area contributed by atoms with E-state index in [4.69, 9.17) is 0 Å². The molecular formula is C12H10F2N2. The van der Waals surface area contributed by atoms with Gasteiger partial charge in [-0.2, -0.15) is 0 Å². The summed E-state index contributed by atoms with van der Waals surface area (Å²) in [6.45, 7) is 4.21. The quantitative estimate of drug-likeness (QED) is 0.777. The lowest BCUT2D eigenvalue weighted by Gasteiger charge is -2.07. The molecule has 0 aliphatic carbocycles. The van der Waals surface area contributed by atoms with Crippen molar-refractivity contribution < 1.29 is 8.78 Å². The number of benzene rings is 1. The van der Waals surface area contributed by atoms with E-state index in [1.54, 1.807) is 23.3 Å². The van der Waals surface area contributed by atoms with Gasteiger partial charge in [-0.1, -0.05) is 6.58 Å². The van der Waals surface area contributed by atoms with Crippen molar-refractivity contribution in [3.05, 3.63) is 60.7 Å². The zero-order valence-corrected chi connectivity index (χ0v) is 8.53. The molecule has 82 valence electrons. The van der Waals surface area contributed by atoms with Crippen LogP contribution in [0.25, 0.3) is 5.57 Å². The first-order valence-corrected chi connectivity index (χ1v) is 4.76. The van der Waals surface area contributed by atoms with E-state index < -0.39 is 11.6 Å². The Bertz CT molecular complexity index is 504. The molecule has 0 spiro atoms. The predicted molar refractivity (Wildman–Crippen MR) is 57.6 cm³/mol. The average molecular weight is 220 g/mol. The molecule has 0 amide bonds. The van der Waals surface area contributed by atoms with Crippen LogP contribution in [0.5, 0.6) is 0 Å². The lowest BCUT2D eigenvalue weighted by molar-refractivity contribution is 0.580. The Labute approximate surface area is 91.9 Å². The van der Waals surface area contributed by atoms with Crippen LogP contribution >= 0.6 is 0 Å². The summed E-state index contributed by atoms with van der Waals surface area (Å²) in [6.07, 6.45) is 5.01. The molecule has 0 saturated heterocycles. The summed E-state index contributed by atoms with van der Waals surface area (Å²) in [4.78, 5) is 3.87. The zero-order chi connectivity index (χ0) is 11.5. The van der Waals surface area contributed by atoms with Crippen LogP contribution in [0.2, 0.25) is 0 Å². The third-order valence-electron chi connectivity index (χ3n) is 2.24. The Kier molecular flexibility index (Phi) is 2.81. The van der Waals surface area contributed by atoms with Crippen molar-refractivity contribution in [1.82, 2.24) is 9.55 Å². The van der Waals surface area contributed by atoms with Crippen molar-refractivity contribution in [2.45, 2.75) is 6.54 Å². The lowest BCUT2D eigenvalue weighted by Crippen LogP contribution is -1.99. The van der Waals surface area contributed by atoms with Crippen molar-refractivity contribution in [3.8, 4) is 0 Å². The number of hydrogen-bond donors (Lipinski definition) is 0. The third-order valence-corrected chi connectivity index (χ3v) is 2.24. The fourth-order valence-electron chi connectivity index (χ4n) is 1.46. The molecule has 2 rings (SSSR count). The first-order chi connectivity index (χ1) is 7.66. The lowest BCUT2D eigenvalue weighted by atomic mass is 10.1. The van der Waals surface area contributed by atoms with Crippen molar-refractivity contribution in [1.29, 1.82) is 0 Å². The van der Waals surface area contributed by atoms with Crippen molar-refractivity contribution in [2.75, 3.05) is 0 Å². The summed E-state index contributed by atoms with van der Waals surface area (Å²) in [7, 11) is 0. The van der Waals surface area contributed by atoms with Gasteiger partial charge in [0.05, 0.1) is 6.33 Å². The largest absolute Gasteiger partial charge is 0.333 e. The molecule has 1 heterocycles. The summed E-state index contributed by atoms with van der Waals surface area (Å²) < 4.78 is 27.9. The van der Waals surface area contributed by atoms with Gasteiger partial charge < -0.3 is 4.57 Å². The number of hydrogen-bond acceptors (Lipinski definition) is 1. The summed E-state index contributed by atoms with van der Waals surface area (Å²) in [5.41, 5.74) is 0.908.